The van der Waals surface area contributed by atoms with Crippen LogP contribution in [-0.2, 0) is 11.5 Å². The van der Waals surface area contributed by atoms with Crippen LogP contribution in [0.25, 0.3) is 16.9 Å². The largest absolute Gasteiger partial charge is 0.369 e. The fourth-order valence-electron chi connectivity index (χ4n) is 2.48. The van der Waals surface area contributed by atoms with Gasteiger partial charge in [-0.3, -0.25) is 0 Å². The van der Waals surface area contributed by atoms with Crippen molar-refractivity contribution in [1.29, 1.82) is 0 Å². The van der Waals surface area contributed by atoms with E-state index in [1.165, 1.54) is 9.08 Å². The van der Waals surface area contributed by atoms with E-state index in [1.807, 2.05) is 30.3 Å². The number of rotatable bonds is 6. The molecule has 2 aromatic heterocycles. The summed E-state index contributed by atoms with van der Waals surface area (Å²) in [4.78, 5) is 17.0. The van der Waals surface area contributed by atoms with Gasteiger partial charge >= 0.3 is 5.69 Å². The van der Waals surface area contributed by atoms with Crippen molar-refractivity contribution in [2.45, 2.75) is 32.4 Å². The lowest BCUT2D eigenvalue weighted by atomic mass is 10.1. The summed E-state index contributed by atoms with van der Waals surface area (Å²) in [5, 5.41) is 4.38. The highest BCUT2D eigenvalue weighted by Gasteiger charge is 2.18. The van der Waals surface area contributed by atoms with Crippen LogP contribution in [0.15, 0.2) is 39.6 Å². The molecule has 1 aromatic carbocycles. The Bertz CT molecular complexity index is 979. The molecule has 0 aliphatic rings. The summed E-state index contributed by atoms with van der Waals surface area (Å²) in [6.45, 7) is 7.55. The van der Waals surface area contributed by atoms with Crippen molar-refractivity contribution in [3.8, 4) is 11.3 Å². The monoisotopic (exact) mass is 435 g/mol. The number of nitrogen functional groups attached to an aromatic ring is 1. The number of anilines is 1. The molecule has 0 unspecified atom stereocenters. The van der Waals surface area contributed by atoms with Gasteiger partial charge in [0.05, 0.1) is 10.2 Å². The van der Waals surface area contributed by atoms with Gasteiger partial charge in [0.25, 0.3) is 0 Å². The predicted octanol–water partition coefficient (Wildman–Crippen LogP) is 3.22. The molecule has 2 heterocycles. The molecule has 0 spiro atoms. The zero-order valence-electron chi connectivity index (χ0n) is 15.1. The SMILES string of the molecule is C[Si](C)(C)CCOCn1nc2c(Br)c(-c3ccccc3)nc(N)n2c1=O. The molecular formula is C17H22BrN5O2Si. The Morgan fingerprint density at radius 2 is 1.92 bits per heavy atom. The second-order valence-electron chi connectivity index (χ2n) is 7.29. The van der Waals surface area contributed by atoms with E-state index in [0.717, 1.165) is 11.6 Å². The Labute approximate surface area is 160 Å². The van der Waals surface area contributed by atoms with Gasteiger partial charge in [-0.2, -0.15) is 4.68 Å². The van der Waals surface area contributed by atoms with E-state index in [0.29, 0.717) is 22.4 Å². The molecular weight excluding hydrogens is 414 g/mol. The summed E-state index contributed by atoms with van der Waals surface area (Å²) in [6.07, 6.45) is 0. The maximum absolute atomic E-state index is 12.6. The molecule has 0 saturated carbocycles. The quantitative estimate of drug-likeness (QED) is 0.474. The van der Waals surface area contributed by atoms with E-state index in [-0.39, 0.29) is 18.4 Å². The number of nitrogens with two attached hydrogens (primary N) is 1. The molecule has 0 saturated heterocycles. The normalized spacial score (nSPS) is 12.0. The molecule has 3 rings (SSSR count). The van der Waals surface area contributed by atoms with Crippen molar-refractivity contribution in [2.75, 3.05) is 12.3 Å². The van der Waals surface area contributed by atoms with Gasteiger partial charge in [0.1, 0.15) is 6.73 Å². The maximum atomic E-state index is 12.6. The lowest BCUT2D eigenvalue weighted by Crippen LogP contribution is -2.26. The van der Waals surface area contributed by atoms with E-state index in [4.69, 9.17) is 10.5 Å². The third-order valence-corrected chi connectivity index (χ3v) is 6.39. The molecule has 0 amide bonds. The van der Waals surface area contributed by atoms with Gasteiger partial charge in [0.15, 0.2) is 5.65 Å². The molecule has 0 bridgehead atoms. The minimum Gasteiger partial charge on any atom is -0.369 e. The Morgan fingerprint density at radius 3 is 2.58 bits per heavy atom. The Kier molecular flexibility index (Phi) is 5.31. The number of fused-ring (bicyclic) bond motifs is 1. The van der Waals surface area contributed by atoms with Crippen LogP contribution in [0.3, 0.4) is 0 Å². The summed E-state index contributed by atoms with van der Waals surface area (Å²) in [7, 11) is -1.18. The molecule has 2 N–H and O–H groups in total. The first-order chi connectivity index (χ1) is 12.3. The van der Waals surface area contributed by atoms with E-state index < -0.39 is 8.07 Å². The van der Waals surface area contributed by atoms with Crippen LogP contribution < -0.4 is 11.4 Å². The highest BCUT2D eigenvalue weighted by Crippen LogP contribution is 2.29. The smallest absolute Gasteiger partial charge is 0.355 e. The average Bonchev–Trinajstić information content (AvgIpc) is 2.92. The molecule has 0 aliphatic carbocycles. The van der Waals surface area contributed by atoms with Crippen LogP contribution in [0.2, 0.25) is 25.7 Å². The summed E-state index contributed by atoms with van der Waals surface area (Å²) in [5.41, 5.74) is 7.63. The first kappa shape index (κ1) is 18.8. The topological polar surface area (TPSA) is 87.4 Å². The van der Waals surface area contributed by atoms with Crippen molar-refractivity contribution in [3.05, 3.63) is 45.3 Å². The third kappa shape index (κ3) is 3.89. The fourth-order valence-corrected chi connectivity index (χ4v) is 3.81. The molecule has 0 fully saturated rings. The lowest BCUT2D eigenvalue weighted by molar-refractivity contribution is 0.0761. The van der Waals surface area contributed by atoms with E-state index >= 15 is 0 Å². The Hall–Kier alpha value is -1.97. The number of halogens is 1. The number of hydrogen-bond donors (Lipinski definition) is 1. The zero-order valence-corrected chi connectivity index (χ0v) is 17.7. The minimum absolute atomic E-state index is 0.0948. The lowest BCUT2D eigenvalue weighted by Gasteiger charge is -2.14. The van der Waals surface area contributed by atoms with Gasteiger partial charge in [0.2, 0.25) is 5.95 Å². The summed E-state index contributed by atoms with van der Waals surface area (Å²) in [6, 6.07) is 10.6. The van der Waals surface area contributed by atoms with Crippen molar-refractivity contribution in [2.24, 2.45) is 0 Å². The number of hydrogen-bond acceptors (Lipinski definition) is 5. The molecule has 9 heteroatoms. The molecule has 26 heavy (non-hydrogen) atoms. The number of benzene rings is 1. The van der Waals surface area contributed by atoms with Crippen LogP contribution in [0.4, 0.5) is 5.95 Å². The van der Waals surface area contributed by atoms with Gasteiger partial charge in [-0.15, -0.1) is 5.10 Å². The molecule has 0 atom stereocenters. The van der Waals surface area contributed by atoms with E-state index in [2.05, 4.69) is 45.7 Å². The van der Waals surface area contributed by atoms with E-state index in [9.17, 15) is 4.79 Å². The van der Waals surface area contributed by atoms with Crippen LogP contribution in [-0.4, -0.2) is 33.8 Å². The average molecular weight is 436 g/mol. The standard InChI is InChI=1S/C17H22BrN5O2Si/c1-26(2,3)10-9-25-11-22-17(24)23-15(21-22)13(18)14(20-16(23)19)12-7-5-4-6-8-12/h4-8H,9-11H2,1-3H3,(H2,19,20). The number of ether oxygens (including phenoxy) is 1. The number of nitrogens with zero attached hydrogens (tertiary/aromatic N) is 4. The second-order valence-corrected chi connectivity index (χ2v) is 13.7. The first-order valence-corrected chi connectivity index (χ1v) is 12.9. The predicted molar refractivity (Wildman–Crippen MR) is 109 cm³/mol. The van der Waals surface area contributed by atoms with Crippen molar-refractivity contribution in [1.82, 2.24) is 19.2 Å². The summed E-state index contributed by atoms with van der Waals surface area (Å²) in [5.74, 6) is 0.0976. The van der Waals surface area contributed by atoms with Crippen molar-refractivity contribution < 1.29 is 4.74 Å². The molecule has 7 nitrogen and oxygen atoms in total. The highest BCUT2D eigenvalue weighted by molar-refractivity contribution is 9.10. The molecule has 0 aliphatic heterocycles. The zero-order chi connectivity index (χ0) is 18.9. The van der Waals surface area contributed by atoms with Gasteiger partial charge in [-0.05, 0) is 22.0 Å². The molecule has 3 aromatic rings. The van der Waals surface area contributed by atoms with Gasteiger partial charge in [0, 0.05) is 20.2 Å². The minimum atomic E-state index is -1.18. The van der Waals surface area contributed by atoms with Gasteiger partial charge in [-0.1, -0.05) is 50.0 Å². The van der Waals surface area contributed by atoms with E-state index in [1.54, 1.807) is 0 Å². The second kappa shape index (κ2) is 7.34. The molecule has 0 radical (unpaired) electrons. The highest BCUT2D eigenvalue weighted by atomic mass is 79.9. The van der Waals surface area contributed by atoms with Crippen LogP contribution in [0, 0.1) is 0 Å². The summed E-state index contributed by atoms with van der Waals surface area (Å²) < 4.78 is 8.83. The van der Waals surface area contributed by atoms with Gasteiger partial charge in [-0.25, -0.2) is 14.2 Å². The first-order valence-electron chi connectivity index (χ1n) is 8.35. The van der Waals surface area contributed by atoms with Gasteiger partial charge < -0.3 is 10.5 Å². The fraction of sp³-hybridized carbons (Fsp3) is 0.353. The Morgan fingerprint density at radius 1 is 1.23 bits per heavy atom. The van der Waals surface area contributed by atoms with Crippen LogP contribution in [0.1, 0.15) is 0 Å². The molecule has 138 valence electrons. The van der Waals surface area contributed by atoms with Crippen molar-refractivity contribution >= 4 is 35.6 Å². The van der Waals surface area contributed by atoms with Crippen LogP contribution >= 0.6 is 15.9 Å². The summed E-state index contributed by atoms with van der Waals surface area (Å²) >= 11 is 3.52. The third-order valence-electron chi connectivity index (χ3n) is 3.96. The Balaban J connectivity index is 1.94. The van der Waals surface area contributed by atoms with Crippen molar-refractivity contribution in [3.63, 3.8) is 0 Å². The maximum Gasteiger partial charge on any atom is 0.355 e. The number of aromatic nitrogens is 4. The van der Waals surface area contributed by atoms with Crippen LogP contribution in [0.5, 0.6) is 0 Å².